The third-order valence-electron chi connectivity index (χ3n) is 2.28. The molecule has 0 aliphatic heterocycles. The van der Waals surface area contributed by atoms with Crippen molar-refractivity contribution in [2.24, 2.45) is 0 Å². The molecule has 0 aromatic heterocycles. The molecule has 0 bridgehead atoms. The van der Waals surface area contributed by atoms with Crippen LogP contribution in [-0.4, -0.2) is 13.3 Å². The van der Waals surface area contributed by atoms with E-state index in [1.54, 1.807) is 0 Å². The normalized spacial score (nSPS) is 11.6. The summed E-state index contributed by atoms with van der Waals surface area (Å²) in [7, 11) is -1.18. The van der Waals surface area contributed by atoms with Gasteiger partial charge in [0.2, 0.25) is 0 Å². The Balaban J connectivity index is 0.00000128. The lowest BCUT2D eigenvalue weighted by molar-refractivity contribution is 0.644. The average molecular weight is 227 g/mol. The standard InChI is InChI=1S/C13H13OP.B/c1-11-7-9-13(10-8-11)15(14)12-5-3-2-4-6-12;/h2-10,14H,1H3;. The van der Waals surface area contributed by atoms with Crippen molar-refractivity contribution in [3.05, 3.63) is 60.2 Å². The third kappa shape index (κ3) is 2.94. The summed E-state index contributed by atoms with van der Waals surface area (Å²) in [6.07, 6.45) is 0. The van der Waals surface area contributed by atoms with Crippen LogP contribution in [0.4, 0.5) is 0 Å². The van der Waals surface area contributed by atoms with Crippen LogP contribution in [-0.2, 0) is 0 Å². The molecule has 1 nitrogen and oxygen atoms in total. The maximum atomic E-state index is 10.1. The van der Waals surface area contributed by atoms with E-state index < -0.39 is 8.15 Å². The first-order chi connectivity index (χ1) is 7.27. The summed E-state index contributed by atoms with van der Waals surface area (Å²) in [4.78, 5) is 10.1. The lowest BCUT2D eigenvalue weighted by Gasteiger charge is -2.10. The summed E-state index contributed by atoms with van der Waals surface area (Å²) >= 11 is 0. The van der Waals surface area contributed by atoms with Gasteiger partial charge in [0.1, 0.15) is 0 Å². The summed E-state index contributed by atoms with van der Waals surface area (Å²) in [5.41, 5.74) is 1.22. The van der Waals surface area contributed by atoms with E-state index in [0.29, 0.717) is 0 Å². The molecular formula is C13H13BOP. The van der Waals surface area contributed by atoms with Crippen molar-refractivity contribution in [3.8, 4) is 0 Å². The fourth-order valence-corrected chi connectivity index (χ4v) is 2.59. The maximum Gasteiger partial charge on any atom is 0.0877 e. The zero-order valence-corrected chi connectivity index (χ0v) is 10.1. The van der Waals surface area contributed by atoms with Gasteiger partial charge in [-0.15, -0.1) is 0 Å². The fraction of sp³-hybridized carbons (Fsp3) is 0.0769. The summed E-state index contributed by atoms with van der Waals surface area (Å²) in [5, 5.41) is 2.00. The van der Waals surface area contributed by atoms with Gasteiger partial charge >= 0.3 is 0 Å². The highest BCUT2D eigenvalue weighted by molar-refractivity contribution is 7.67. The minimum absolute atomic E-state index is 0. The molecule has 1 N–H and O–H groups in total. The number of hydrogen-bond donors (Lipinski definition) is 1. The fourth-order valence-electron chi connectivity index (χ4n) is 1.40. The topological polar surface area (TPSA) is 20.2 Å². The minimum atomic E-state index is -1.18. The number of benzene rings is 2. The van der Waals surface area contributed by atoms with Crippen LogP contribution in [0.25, 0.3) is 0 Å². The van der Waals surface area contributed by atoms with E-state index in [2.05, 4.69) is 0 Å². The van der Waals surface area contributed by atoms with E-state index in [4.69, 9.17) is 0 Å². The Hall–Kier alpha value is -1.11. The summed E-state index contributed by atoms with van der Waals surface area (Å²) in [6.45, 7) is 2.05. The minimum Gasteiger partial charge on any atom is -0.364 e. The molecule has 0 aliphatic rings. The lowest BCUT2D eigenvalue weighted by Crippen LogP contribution is -2.10. The zero-order valence-electron chi connectivity index (χ0n) is 9.17. The van der Waals surface area contributed by atoms with Gasteiger partial charge in [0.25, 0.3) is 0 Å². The summed E-state index contributed by atoms with van der Waals surface area (Å²) in [5.74, 6) is 0. The molecule has 2 rings (SSSR count). The SMILES string of the molecule is Cc1ccc(P(O)c2ccccc2)cc1.[B]. The Bertz CT molecular complexity index is 427. The predicted octanol–water partition coefficient (Wildman–Crippen LogP) is 1.95. The van der Waals surface area contributed by atoms with Crippen LogP contribution in [0.1, 0.15) is 5.56 Å². The van der Waals surface area contributed by atoms with Crippen molar-refractivity contribution in [2.45, 2.75) is 6.92 Å². The van der Waals surface area contributed by atoms with Crippen molar-refractivity contribution < 1.29 is 4.89 Å². The van der Waals surface area contributed by atoms with Gasteiger partial charge in [-0.1, -0.05) is 60.2 Å². The van der Waals surface area contributed by atoms with E-state index in [0.717, 1.165) is 10.6 Å². The first kappa shape index (κ1) is 13.0. The molecule has 3 heteroatoms. The average Bonchev–Trinajstić information content (AvgIpc) is 2.30. The molecule has 1 atom stereocenters. The highest BCUT2D eigenvalue weighted by Crippen LogP contribution is 2.27. The van der Waals surface area contributed by atoms with Crippen LogP contribution in [0.15, 0.2) is 54.6 Å². The van der Waals surface area contributed by atoms with Crippen LogP contribution in [0.3, 0.4) is 0 Å². The zero-order chi connectivity index (χ0) is 10.7. The Labute approximate surface area is 99.6 Å². The van der Waals surface area contributed by atoms with Crippen LogP contribution in [0, 0.1) is 6.92 Å². The van der Waals surface area contributed by atoms with Crippen molar-refractivity contribution >= 4 is 27.2 Å². The van der Waals surface area contributed by atoms with Crippen molar-refractivity contribution in [3.63, 3.8) is 0 Å². The second-order valence-electron chi connectivity index (χ2n) is 3.48. The number of hydrogen-bond acceptors (Lipinski definition) is 1. The van der Waals surface area contributed by atoms with E-state index in [1.807, 2.05) is 61.5 Å². The quantitative estimate of drug-likeness (QED) is 0.614. The molecule has 1 unspecified atom stereocenters. The molecule has 0 amide bonds. The number of aryl methyl sites for hydroxylation is 1. The Morgan fingerprint density at radius 1 is 0.812 bits per heavy atom. The molecular weight excluding hydrogens is 214 g/mol. The van der Waals surface area contributed by atoms with E-state index in [9.17, 15) is 4.89 Å². The van der Waals surface area contributed by atoms with E-state index >= 15 is 0 Å². The lowest BCUT2D eigenvalue weighted by atomic mass is 10.2. The van der Waals surface area contributed by atoms with Gasteiger partial charge in [-0.05, 0) is 6.92 Å². The number of rotatable bonds is 2. The maximum absolute atomic E-state index is 10.1. The molecule has 3 radical (unpaired) electrons. The van der Waals surface area contributed by atoms with Gasteiger partial charge in [-0.3, -0.25) is 0 Å². The Morgan fingerprint density at radius 3 is 1.88 bits per heavy atom. The van der Waals surface area contributed by atoms with Crippen molar-refractivity contribution in [1.82, 2.24) is 0 Å². The monoisotopic (exact) mass is 227 g/mol. The Morgan fingerprint density at radius 2 is 1.31 bits per heavy atom. The largest absolute Gasteiger partial charge is 0.364 e. The molecule has 79 valence electrons. The smallest absolute Gasteiger partial charge is 0.0877 e. The molecule has 0 spiro atoms. The molecule has 0 aliphatic carbocycles. The van der Waals surface area contributed by atoms with E-state index in [1.165, 1.54) is 5.56 Å². The molecule has 0 saturated heterocycles. The van der Waals surface area contributed by atoms with Gasteiger partial charge in [0.15, 0.2) is 0 Å². The van der Waals surface area contributed by atoms with Gasteiger partial charge in [-0.2, -0.15) is 0 Å². The highest BCUT2D eigenvalue weighted by Gasteiger charge is 2.08. The first-order valence-corrected chi connectivity index (χ1v) is 6.17. The highest BCUT2D eigenvalue weighted by atomic mass is 31.1. The van der Waals surface area contributed by atoms with E-state index in [-0.39, 0.29) is 8.41 Å². The predicted molar refractivity (Wildman–Crippen MR) is 71.8 cm³/mol. The molecule has 2 aromatic carbocycles. The van der Waals surface area contributed by atoms with Crippen molar-refractivity contribution in [1.29, 1.82) is 0 Å². The third-order valence-corrected chi connectivity index (χ3v) is 3.85. The van der Waals surface area contributed by atoms with Crippen LogP contribution in [0.2, 0.25) is 0 Å². The first-order valence-electron chi connectivity index (χ1n) is 4.88. The summed E-state index contributed by atoms with van der Waals surface area (Å²) < 4.78 is 0. The van der Waals surface area contributed by atoms with Gasteiger partial charge in [0, 0.05) is 19.0 Å². The molecule has 16 heavy (non-hydrogen) atoms. The van der Waals surface area contributed by atoms with Crippen LogP contribution >= 0.6 is 8.15 Å². The van der Waals surface area contributed by atoms with Crippen LogP contribution in [0.5, 0.6) is 0 Å². The second kappa shape index (κ2) is 5.84. The Kier molecular flexibility index (Phi) is 4.73. The van der Waals surface area contributed by atoms with Gasteiger partial charge in [-0.25, -0.2) is 0 Å². The molecule has 2 aromatic rings. The van der Waals surface area contributed by atoms with Crippen LogP contribution < -0.4 is 10.6 Å². The van der Waals surface area contributed by atoms with Crippen molar-refractivity contribution in [2.75, 3.05) is 0 Å². The van der Waals surface area contributed by atoms with Gasteiger partial charge in [0.05, 0.1) is 8.15 Å². The summed E-state index contributed by atoms with van der Waals surface area (Å²) in [6, 6.07) is 17.8. The second-order valence-corrected chi connectivity index (χ2v) is 5.14. The molecule has 0 fully saturated rings. The molecule has 0 saturated carbocycles. The molecule has 0 heterocycles. The van der Waals surface area contributed by atoms with Gasteiger partial charge < -0.3 is 4.89 Å².